The summed E-state index contributed by atoms with van der Waals surface area (Å²) >= 11 is -6.58. The van der Waals surface area contributed by atoms with Crippen LogP contribution in [0.4, 0.5) is 0 Å². The van der Waals surface area contributed by atoms with Gasteiger partial charge in [-0.1, -0.05) is 0 Å². The molecule has 2 N–H and O–H groups in total. The Morgan fingerprint density at radius 2 is 0.500 bits per heavy atom. The minimum atomic E-state index is -3.29. The second kappa shape index (κ2) is 11.5. The molecule has 0 atom stereocenters. The van der Waals surface area contributed by atoms with Crippen LogP contribution in [0.5, 0.6) is 0 Å². The number of hydrogen-bond donors (Lipinski definition) is 2. The Hall–Kier alpha value is 4.01. The van der Waals surface area contributed by atoms with Gasteiger partial charge in [-0.05, 0) is 0 Å². The Labute approximate surface area is 107 Å². The maximum absolute atomic E-state index is 6.00. The summed E-state index contributed by atoms with van der Waals surface area (Å²) in [5, 5.41) is 12.0. The molecule has 0 radical (unpaired) electrons. The summed E-state index contributed by atoms with van der Waals surface area (Å²) in [6.45, 7) is 0. The fourth-order valence-electron chi connectivity index (χ4n) is 0. The van der Waals surface area contributed by atoms with Crippen molar-refractivity contribution in [2.75, 3.05) is 0 Å². The maximum atomic E-state index is 6.00. The van der Waals surface area contributed by atoms with E-state index >= 15 is 0 Å². The molecule has 0 unspecified atom stereocenters. The van der Waals surface area contributed by atoms with Crippen LogP contribution in [0.1, 0.15) is 0 Å². The summed E-state index contributed by atoms with van der Waals surface area (Å²) in [7, 11) is 40.3. The van der Waals surface area contributed by atoms with E-state index in [4.69, 9.17) is 78.6 Å². The fraction of sp³-hybridized carbons (Fsp3) is 0. The molecule has 0 heterocycles. The monoisotopic (exact) mass is 494 g/mol. The first-order chi connectivity index (χ1) is 5.00. The molecule has 0 aromatic rings. The van der Waals surface area contributed by atoms with Crippen LogP contribution in [0.15, 0.2) is 0 Å². The van der Waals surface area contributed by atoms with E-state index in [-0.39, 0.29) is 0 Å². The SMILES string of the molecule is OO.[Cl][Zr]([Cl])([Cl])[Cl].[Cl][Zr]([Cl])([Cl])[Cl]. The first-order valence-electron chi connectivity index (χ1n) is 1.71. The van der Waals surface area contributed by atoms with Crippen LogP contribution in [-0.4, -0.2) is 10.5 Å². The van der Waals surface area contributed by atoms with Gasteiger partial charge in [0.25, 0.3) is 0 Å². The van der Waals surface area contributed by atoms with Crippen LogP contribution in [-0.2, 0) is 31.0 Å². The summed E-state index contributed by atoms with van der Waals surface area (Å²) in [6.07, 6.45) is 0. The molecule has 0 aliphatic rings. The molecule has 2 nitrogen and oxygen atoms in total. The molecule has 0 spiro atoms. The molecule has 0 bridgehead atoms. The summed E-state index contributed by atoms with van der Waals surface area (Å²) in [4.78, 5) is 0. The predicted octanol–water partition coefficient (Wildman–Crippen LogP) is 5.53. The zero-order valence-electron chi connectivity index (χ0n) is 4.92. The Balaban J connectivity index is -0.000000112. The van der Waals surface area contributed by atoms with Crippen LogP contribution in [0.3, 0.4) is 0 Å². The van der Waals surface area contributed by atoms with E-state index in [1.165, 1.54) is 0 Å². The van der Waals surface area contributed by atoms with Crippen molar-refractivity contribution < 1.29 is 41.5 Å². The van der Waals surface area contributed by atoms with Gasteiger partial charge in [-0.3, -0.25) is 10.5 Å². The van der Waals surface area contributed by atoms with Crippen molar-refractivity contribution in [3.63, 3.8) is 0 Å². The summed E-state index contributed by atoms with van der Waals surface area (Å²) in [5.74, 6) is 0. The van der Waals surface area contributed by atoms with Gasteiger partial charge >= 0.3 is 99.1 Å². The Kier molecular flexibility index (Phi) is 20.4. The second-order valence-corrected chi connectivity index (χ2v) is 45.6. The summed E-state index contributed by atoms with van der Waals surface area (Å²) < 4.78 is 0. The van der Waals surface area contributed by atoms with E-state index in [0.717, 1.165) is 0 Å². The molecule has 0 aromatic carbocycles. The summed E-state index contributed by atoms with van der Waals surface area (Å²) in [5.41, 5.74) is 0. The van der Waals surface area contributed by atoms with Crippen molar-refractivity contribution >= 4 is 68.1 Å². The third-order valence-corrected chi connectivity index (χ3v) is 0. The Bertz CT molecular complexity index is 58.0. The zero-order valence-corrected chi connectivity index (χ0v) is 15.9. The Morgan fingerprint density at radius 3 is 0.500 bits per heavy atom. The summed E-state index contributed by atoms with van der Waals surface area (Å²) in [6, 6.07) is 0. The van der Waals surface area contributed by atoms with E-state index in [1.807, 2.05) is 0 Å². The second-order valence-electron chi connectivity index (χ2n) is 0.857. The van der Waals surface area contributed by atoms with Crippen LogP contribution < -0.4 is 0 Å². The van der Waals surface area contributed by atoms with E-state index < -0.39 is 31.0 Å². The van der Waals surface area contributed by atoms with Gasteiger partial charge in [-0.15, -0.1) is 0 Å². The molecule has 0 saturated carbocycles. The van der Waals surface area contributed by atoms with E-state index in [9.17, 15) is 0 Å². The quantitative estimate of drug-likeness (QED) is 0.340. The molecule has 12 heavy (non-hydrogen) atoms. The molecule has 0 aliphatic carbocycles. The first-order valence-corrected chi connectivity index (χ1v) is 27.0. The molecular weight excluding hydrogens is 498 g/mol. The van der Waals surface area contributed by atoms with Crippen LogP contribution in [0.2, 0.25) is 0 Å². The van der Waals surface area contributed by atoms with Crippen molar-refractivity contribution in [2.45, 2.75) is 0 Å². The van der Waals surface area contributed by atoms with Crippen LogP contribution >= 0.6 is 68.1 Å². The number of hydrogen-bond acceptors (Lipinski definition) is 2. The molecule has 0 aromatic heterocycles. The van der Waals surface area contributed by atoms with Gasteiger partial charge in [0, 0.05) is 0 Å². The van der Waals surface area contributed by atoms with Gasteiger partial charge in [0.1, 0.15) is 0 Å². The van der Waals surface area contributed by atoms with Gasteiger partial charge in [0.2, 0.25) is 0 Å². The van der Waals surface area contributed by atoms with E-state index in [1.54, 1.807) is 0 Å². The number of rotatable bonds is 0. The molecule has 0 amide bonds. The fourth-order valence-corrected chi connectivity index (χ4v) is 0. The van der Waals surface area contributed by atoms with Gasteiger partial charge in [0.05, 0.1) is 0 Å². The third-order valence-electron chi connectivity index (χ3n) is 0. The molecular formula is H2Cl8O2Zr2. The van der Waals surface area contributed by atoms with E-state index in [0.29, 0.717) is 0 Å². The van der Waals surface area contributed by atoms with Crippen molar-refractivity contribution in [3.05, 3.63) is 0 Å². The minimum absolute atomic E-state index is 3.29. The van der Waals surface area contributed by atoms with Crippen molar-refractivity contribution in [3.8, 4) is 0 Å². The Morgan fingerprint density at radius 1 is 0.500 bits per heavy atom. The molecule has 0 aliphatic heterocycles. The standard InChI is InChI=1S/8ClH.H2O2.2Zr/c;;;;;;;;1-2;;/h8*1H;1-2H;;/q;;;;;;;;;2*+4/p-8. The molecule has 12 heteroatoms. The van der Waals surface area contributed by atoms with Crippen LogP contribution in [0.25, 0.3) is 0 Å². The topological polar surface area (TPSA) is 40.5 Å². The van der Waals surface area contributed by atoms with Crippen molar-refractivity contribution in [2.24, 2.45) is 0 Å². The zero-order chi connectivity index (χ0) is 11.0. The average Bonchev–Trinajstić information content (AvgIpc) is 1.59. The van der Waals surface area contributed by atoms with Crippen LogP contribution in [0, 0.1) is 0 Å². The van der Waals surface area contributed by atoms with Crippen molar-refractivity contribution in [1.82, 2.24) is 0 Å². The molecule has 0 fully saturated rings. The van der Waals surface area contributed by atoms with Crippen molar-refractivity contribution in [1.29, 1.82) is 0 Å². The van der Waals surface area contributed by atoms with Gasteiger partial charge in [-0.2, -0.15) is 0 Å². The molecule has 78 valence electrons. The van der Waals surface area contributed by atoms with Gasteiger partial charge in [-0.25, -0.2) is 0 Å². The molecule has 0 saturated heterocycles. The van der Waals surface area contributed by atoms with Gasteiger partial charge in [0.15, 0.2) is 0 Å². The molecule has 0 rings (SSSR count). The predicted molar refractivity (Wildman–Crippen MR) is 52.1 cm³/mol. The normalized spacial score (nSPS) is 10.5. The number of halogens is 8. The van der Waals surface area contributed by atoms with Gasteiger partial charge < -0.3 is 0 Å². The third kappa shape index (κ3) is 148. The average molecular weight is 500 g/mol. The van der Waals surface area contributed by atoms with E-state index in [2.05, 4.69) is 0 Å². The first kappa shape index (κ1) is 21.3.